The summed E-state index contributed by atoms with van der Waals surface area (Å²) in [5.74, 6) is 0.0122. The Bertz CT molecular complexity index is 822. The van der Waals surface area contributed by atoms with E-state index < -0.39 is 10.0 Å². The number of piperazine rings is 1. The summed E-state index contributed by atoms with van der Waals surface area (Å²) >= 11 is 12.5. The summed E-state index contributed by atoms with van der Waals surface area (Å²) in [6.45, 7) is 6.88. The lowest BCUT2D eigenvalue weighted by atomic mass is 10.2. The van der Waals surface area contributed by atoms with Crippen LogP contribution in [0.3, 0.4) is 0 Å². The summed E-state index contributed by atoms with van der Waals surface area (Å²) in [5, 5.41) is 3.61. The Kier molecular flexibility index (Phi) is 6.08. The predicted molar refractivity (Wildman–Crippen MR) is 107 cm³/mol. The molecular formula is C18H25Cl2N3O3S. The maximum absolute atomic E-state index is 13.2. The van der Waals surface area contributed by atoms with Crippen LogP contribution in [0.2, 0.25) is 10.0 Å². The lowest BCUT2D eigenvalue weighted by molar-refractivity contribution is -0.126. The molecule has 150 valence electrons. The zero-order valence-electron chi connectivity index (χ0n) is 15.8. The van der Waals surface area contributed by atoms with Crippen molar-refractivity contribution in [2.75, 3.05) is 26.2 Å². The van der Waals surface area contributed by atoms with E-state index in [0.717, 1.165) is 12.8 Å². The molecule has 0 radical (unpaired) electrons. The molecule has 3 rings (SSSR count). The van der Waals surface area contributed by atoms with E-state index in [1.54, 1.807) is 19.9 Å². The Labute approximate surface area is 170 Å². The number of carbonyl (C=O) groups excluding carboxylic acids is 1. The fourth-order valence-corrected chi connectivity index (χ4v) is 5.89. The van der Waals surface area contributed by atoms with Crippen molar-refractivity contribution in [3.05, 3.63) is 27.2 Å². The Balaban J connectivity index is 1.73. The van der Waals surface area contributed by atoms with Crippen molar-refractivity contribution in [1.82, 2.24) is 14.5 Å². The van der Waals surface area contributed by atoms with Crippen LogP contribution in [0.1, 0.15) is 30.9 Å². The molecule has 1 aromatic rings. The van der Waals surface area contributed by atoms with Gasteiger partial charge in [-0.3, -0.25) is 9.69 Å². The van der Waals surface area contributed by atoms with Crippen LogP contribution in [0.5, 0.6) is 0 Å². The number of nitrogens with zero attached hydrogens (tertiary/aromatic N) is 2. The third-order valence-electron chi connectivity index (χ3n) is 5.31. The Morgan fingerprint density at radius 3 is 2.33 bits per heavy atom. The molecule has 1 heterocycles. The SMILES string of the molecule is Cc1cc(Cl)c(C)c(S(=O)(=O)N2CCN(C(C)C(=O)NC3CC3)CC2)c1Cl. The van der Waals surface area contributed by atoms with Gasteiger partial charge in [0.15, 0.2) is 0 Å². The first-order chi connectivity index (χ1) is 12.6. The smallest absolute Gasteiger partial charge is 0.244 e. The summed E-state index contributed by atoms with van der Waals surface area (Å²) in [5.41, 5.74) is 1.10. The number of nitrogens with one attached hydrogen (secondary N) is 1. The fraction of sp³-hybridized carbons (Fsp3) is 0.611. The van der Waals surface area contributed by atoms with Crippen LogP contribution in [0.15, 0.2) is 11.0 Å². The number of amides is 1. The van der Waals surface area contributed by atoms with Gasteiger partial charge in [-0.2, -0.15) is 4.31 Å². The third-order valence-corrected chi connectivity index (χ3v) is 8.37. The lowest BCUT2D eigenvalue weighted by Crippen LogP contribution is -2.55. The van der Waals surface area contributed by atoms with E-state index in [1.807, 2.05) is 11.8 Å². The molecule has 1 atom stereocenters. The number of aryl methyl sites for hydroxylation is 1. The largest absolute Gasteiger partial charge is 0.352 e. The van der Waals surface area contributed by atoms with Gasteiger partial charge in [-0.1, -0.05) is 23.2 Å². The van der Waals surface area contributed by atoms with Gasteiger partial charge in [-0.15, -0.1) is 0 Å². The molecule has 9 heteroatoms. The Hall–Kier alpha value is -0.860. The van der Waals surface area contributed by atoms with Crippen LogP contribution < -0.4 is 5.32 Å². The van der Waals surface area contributed by atoms with E-state index in [1.165, 1.54) is 4.31 Å². The highest BCUT2D eigenvalue weighted by Crippen LogP contribution is 2.35. The minimum atomic E-state index is -3.76. The highest BCUT2D eigenvalue weighted by Gasteiger charge is 2.35. The molecule has 1 aliphatic carbocycles. The second kappa shape index (κ2) is 7.87. The zero-order chi connectivity index (χ0) is 19.9. The standard InChI is InChI=1S/C18H25Cl2N3O3S/c1-11-10-15(19)12(2)17(16(11)20)27(25,26)23-8-6-22(7-9-23)13(3)18(24)21-14-4-5-14/h10,13-14H,4-9H2,1-3H3,(H,21,24). The summed E-state index contributed by atoms with van der Waals surface area (Å²) in [7, 11) is -3.76. The van der Waals surface area contributed by atoms with E-state index in [-0.39, 0.29) is 21.9 Å². The predicted octanol–water partition coefficient (Wildman–Crippen LogP) is 2.58. The quantitative estimate of drug-likeness (QED) is 0.774. The molecule has 1 unspecified atom stereocenters. The average molecular weight is 434 g/mol. The van der Waals surface area contributed by atoms with Crippen LogP contribution >= 0.6 is 23.2 Å². The number of hydrogen-bond acceptors (Lipinski definition) is 4. The van der Waals surface area contributed by atoms with Gasteiger partial charge in [-0.25, -0.2) is 8.42 Å². The van der Waals surface area contributed by atoms with E-state index in [4.69, 9.17) is 23.2 Å². The van der Waals surface area contributed by atoms with Crippen LogP contribution in [0.4, 0.5) is 0 Å². The second-order valence-electron chi connectivity index (χ2n) is 7.34. The van der Waals surface area contributed by atoms with Crippen molar-refractivity contribution in [2.45, 2.75) is 50.6 Å². The average Bonchev–Trinajstić information content (AvgIpc) is 3.43. The van der Waals surface area contributed by atoms with E-state index in [9.17, 15) is 13.2 Å². The first-order valence-electron chi connectivity index (χ1n) is 9.12. The van der Waals surface area contributed by atoms with E-state index >= 15 is 0 Å². The normalized spacial score (nSPS) is 20.5. The highest BCUT2D eigenvalue weighted by atomic mass is 35.5. The highest BCUT2D eigenvalue weighted by molar-refractivity contribution is 7.89. The first-order valence-corrected chi connectivity index (χ1v) is 11.3. The van der Waals surface area contributed by atoms with Gasteiger partial charge < -0.3 is 5.32 Å². The molecule has 2 fully saturated rings. The molecule has 0 spiro atoms. The molecule has 1 aromatic carbocycles. The minimum absolute atomic E-state index is 0.0122. The van der Waals surface area contributed by atoms with Gasteiger partial charge in [0.25, 0.3) is 0 Å². The number of benzene rings is 1. The van der Waals surface area contributed by atoms with Gasteiger partial charge in [0, 0.05) is 37.2 Å². The molecule has 1 amide bonds. The number of sulfonamides is 1. The molecular weight excluding hydrogens is 409 g/mol. The van der Waals surface area contributed by atoms with E-state index in [0.29, 0.717) is 48.4 Å². The fourth-order valence-electron chi connectivity index (χ4n) is 3.30. The minimum Gasteiger partial charge on any atom is -0.352 e. The van der Waals surface area contributed by atoms with Crippen LogP contribution in [-0.2, 0) is 14.8 Å². The summed E-state index contributed by atoms with van der Waals surface area (Å²) in [4.78, 5) is 14.3. The van der Waals surface area contributed by atoms with Crippen molar-refractivity contribution in [3.8, 4) is 0 Å². The van der Waals surface area contributed by atoms with Gasteiger partial charge in [-0.05, 0) is 50.8 Å². The molecule has 0 aromatic heterocycles. The van der Waals surface area contributed by atoms with Crippen LogP contribution in [0.25, 0.3) is 0 Å². The molecule has 0 bridgehead atoms. The molecule has 27 heavy (non-hydrogen) atoms. The Morgan fingerprint density at radius 1 is 1.19 bits per heavy atom. The monoisotopic (exact) mass is 433 g/mol. The maximum Gasteiger partial charge on any atom is 0.244 e. The number of halogens is 2. The molecule has 1 saturated carbocycles. The van der Waals surface area contributed by atoms with Crippen molar-refractivity contribution in [1.29, 1.82) is 0 Å². The van der Waals surface area contributed by atoms with Gasteiger partial charge in [0.1, 0.15) is 4.90 Å². The van der Waals surface area contributed by atoms with Crippen LogP contribution in [-0.4, -0.2) is 61.8 Å². The summed E-state index contributed by atoms with van der Waals surface area (Å²) < 4.78 is 27.8. The lowest BCUT2D eigenvalue weighted by Gasteiger charge is -2.37. The topological polar surface area (TPSA) is 69.7 Å². The molecule has 6 nitrogen and oxygen atoms in total. The summed E-state index contributed by atoms with van der Waals surface area (Å²) in [6.07, 6.45) is 2.09. The maximum atomic E-state index is 13.2. The first kappa shape index (κ1) is 20.9. The molecule has 1 aliphatic heterocycles. The van der Waals surface area contributed by atoms with Crippen LogP contribution in [0, 0.1) is 13.8 Å². The van der Waals surface area contributed by atoms with Gasteiger partial charge in [0.05, 0.1) is 11.1 Å². The second-order valence-corrected chi connectivity index (χ2v) is 10.0. The third kappa shape index (κ3) is 4.27. The van der Waals surface area contributed by atoms with Crippen molar-refractivity contribution >= 4 is 39.1 Å². The Morgan fingerprint density at radius 2 is 1.78 bits per heavy atom. The van der Waals surface area contributed by atoms with Gasteiger partial charge in [0.2, 0.25) is 15.9 Å². The van der Waals surface area contributed by atoms with Crippen molar-refractivity contribution < 1.29 is 13.2 Å². The molecule has 2 aliphatic rings. The number of carbonyl (C=O) groups is 1. The zero-order valence-corrected chi connectivity index (χ0v) is 18.1. The number of hydrogen-bond donors (Lipinski definition) is 1. The van der Waals surface area contributed by atoms with Crippen molar-refractivity contribution in [3.63, 3.8) is 0 Å². The molecule has 1 N–H and O–H groups in total. The van der Waals surface area contributed by atoms with Gasteiger partial charge >= 0.3 is 0 Å². The molecule has 1 saturated heterocycles. The van der Waals surface area contributed by atoms with E-state index in [2.05, 4.69) is 5.32 Å². The van der Waals surface area contributed by atoms with Crippen molar-refractivity contribution in [2.24, 2.45) is 0 Å². The summed E-state index contributed by atoms with van der Waals surface area (Å²) in [6, 6.07) is 1.73. The number of rotatable bonds is 5.